The van der Waals surface area contributed by atoms with Crippen molar-refractivity contribution in [2.75, 3.05) is 5.88 Å². The van der Waals surface area contributed by atoms with Gasteiger partial charge in [-0.05, 0) is 36.4 Å². The van der Waals surface area contributed by atoms with Gasteiger partial charge in [-0.3, -0.25) is 0 Å². The van der Waals surface area contributed by atoms with Crippen LogP contribution in [0.1, 0.15) is 0 Å². The van der Waals surface area contributed by atoms with Gasteiger partial charge in [0.25, 0.3) is 0 Å². The standard InChI is InChI=1S/C14H12ClFN2O/c15-9-14(17)18-12-3-1-2-4-13(12)19-11-7-5-10(16)6-8-11/h1-8H,9H2,(H2,17,18). The lowest BCUT2D eigenvalue weighted by molar-refractivity contribution is 0.482. The fraction of sp³-hybridized carbons (Fsp3) is 0.0714. The zero-order valence-corrected chi connectivity index (χ0v) is 10.8. The molecule has 0 aliphatic carbocycles. The molecule has 98 valence electrons. The molecule has 0 aromatic heterocycles. The summed E-state index contributed by atoms with van der Waals surface area (Å²) in [6, 6.07) is 12.9. The number of halogens is 2. The van der Waals surface area contributed by atoms with Gasteiger partial charge in [0.15, 0.2) is 5.75 Å². The molecule has 0 aliphatic rings. The summed E-state index contributed by atoms with van der Waals surface area (Å²) in [4.78, 5) is 4.15. The van der Waals surface area contributed by atoms with Gasteiger partial charge in [0.2, 0.25) is 0 Å². The second-order valence-corrected chi connectivity index (χ2v) is 4.03. The number of nitrogens with two attached hydrogens (primary N) is 1. The molecule has 5 heteroatoms. The van der Waals surface area contributed by atoms with Crippen LogP contribution in [-0.4, -0.2) is 11.7 Å². The Morgan fingerprint density at radius 1 is 1.16 bits per heavy atom. The maximum Gasteiger partial charge on any atom is 0.153 e. The molecule has 0 heterocycles. The Morgan fingerprint density at radius 2 is 1.84 bits per heavy atom. The molecule has 0 saturated heterocycles. The van der Waals surface area contributed by atoms with Crippen molar-refractivity contribution in [3.8, 4) is 11.5 Å². The van der Waals surface area contributed by atoms with Crippen molar-refractivity contribution in [2.24, 2.45) is 10.7 Å². The van der Waals surface area contributed by atoms with E-state index in [1.165, 1.54) is 12.1 Å². The number of hydrogen-bond donors (Lipinski definition) is 1. The summed E-state index contributed by atoms with van der Waals surface area (Å²) in [5, 5.41) is 0. The predicted octanol–water partition coefficient (Wildman–Crippen LogP) is 3.85. The van der Waals surface area contributed by atoms with Crippen LogP contribution in [0.15, 0.2) is 53.5 Å². The SMILES string of the molecule is NC(CCl)=Nc1ccccc1Oc1ccc(F)cc1. The van der Waals surface area contributed by atoms with E-state index >= 15 is 0 Å². The first kappa shape index (κ1) is 13.4. The van der Waals surface area contributed by atoms with Crippen molar-refractivity contribution in [1.82, 2.24) is 0 Å². The Kier molecular flexibility index (Phi) is 4.36. The number of para-hydroxylation sites is 2. The van der Waals surface area contributed by atoms with Crippen molar-refractivity contribution in [1.29, 1.82) is 0 Å². The first-order valence-corrected chi connectivity index (χ1v) is 6.14. The summed E-state index contributed by atoms with van der Waals surface area (Å²) < 4.78 is 18.5. The Balaban J connectivity index is 2.27. The Hall–Kier alpha value is -2.07. The first-order chi connectivity index (χ1) is 9.19. The van der Waals surface area contributed by atoms with Crippen LogP contribution in [0.4, 0.5) is 10.1 Å². The quantitative estimate of drug-likeness (QED) is 0.525. The molecule has 0 radical (unpaired) electrons. The molecule has 0 unspecified atom stereocenters. The maximum atomic E-state index is 12.8. The number of benzene rings is 2. The second-order valence-electron chi connectivity index (χ2n) is 3.76. The molecule has 2 aromatic rings. The first-order valence-electron chi connectivity index (χ1n) is 5.60. The molecule has 19 heavy (non-hydrogen) atoms. The van der Waals surface area contributed by atoms with Crippen LogP contribution >= 0.6 is 11.6 Å². The van der Waals surface area contributed by atoms with E-state index in [1.54, 1.807) is 24.3 Å². The average molecular weight is 279 g/mol. The minimum atomic E-state index is -0.315. The smallest absolute Gasteiger partial charge is 0.153 e. The van der Waals surface area contributed by atoms with E-state index in [-0.39, 0.29) is 11.7 Å². The van der Waals surface area contributed by atoms with E-state index in [0.717, 1.165) is 0 Å². The van der Waals surface area contributed by atoms with E-state index in [4.69, 9.17) is 22.1 Å². The Labute approximate surface area is 115 Å². The molecule has 0 aliphatic heterocycles. The van der Waals surface area contributed by atoms with Gasteiger partial charge in [-0.15, -0.1) is 11.6 Å². The molecule has 0 atom stereocenters. The van der Waals surface area contributed by atoms with Gasteiger partial charge in [-0.1, -0.05) is 12.1 Å². The van der Waals surface area contributed by atoms with Crippen molar-refractivity contribution in [3.63, 3.8) is 0 Å². The highest BCUT2D eigenvalue weighted by atomic mass is 35.5. The highest BCUT2D eigenvalue weighted by molar-refractivity contribution is 6.28. The number of ether oxygens (including phenoxy) is 1. The Bertz CT molecular complexity index is 584. The van der Waals surface area contributed by atoms with Crippen LogP contribution in [0.3, 0.4) is 0 Å². The van der Waals surface area contributed by atoms with Gasteiger partial charge in [0, 0.05) is 0 Å². The third kappa shape index (κ3) is 3.69. The number of rotatable bonds is 4. The molecule has 2 aromatic carbocycles. The van der Waals surface area contributed by atoms with Crippen LogP contribution in [0, 0.1) is 5.82 Å². The zero-order chi connectivity index (χ0) is 13.7. The van der Waals surface area contributed by atoms with Gasteiger partial charge < -0.3 is 10.5 Å². The van der Waals surface area contributed by atoms with Gasteiger partial charge in [-0.25, -0.2) is 9.38 Å². The minimum absolute atomic E-state index is 0.144. The predicted molar refractivity (Wildman–Crippen MR) is 74.9 cm³/mol. The van der Waals surface area contributed by atoms with E-state index in [0.29, 0.717) is 23.0 Å². The lowest BCUT2D eigenvalue weighted by Gasteiger charge is -2.08. The third-order valence-electron chi connectivity index (χ3n) is 2.31. The number of alkyl halides is 1. The number of aliphatic imine (C=N–C) groups is 1. The molecule has 0 bridgehead atoms. The van der Waals surface area contributed by atoms with Crippen molar-refractivity contribution < 1.29 is 9.13 Å². The normalized spacial score (nSPS) is 11.4. The summed E-state index contributed by atoms with van der Waals surface area (Å²) in [6.45, 7) is 0. The topological polar surface area (TPSA) is 47.6 Å². The summed E-state index contributed by atoms with van der Waals surface area (Å²) in [7, 11) is 0. The molecular weight excluding hydrogens is 267 g/mol. The molecule has 2 N–H and O–H groups in total. The largest absolute Gasteiger partial charge is 0.455 e. The van der Waals surface area contributed by atoms with Gasteiger partial charge >= 0.3 is 0 Å². The fourth-order valence-electron chi connectivity index (χ4n) is 1.45. The summed E-state index contributed by atoms with van der Waals surface area (Å²) >= 11 is 5.59. The summed E-state index contributed by atoms with van der Waals surface area (Å²) in [6.07, 6.45) is 0. The number of nitrogens with zero attached hydrogens (tertiary/aromatic N) is 1. The molecule has 0 amide bonds. The van der Waals surface area contributed by atoms with Crippen molar-refractivity contribution in [2.45, 2.75) is 0 Å². The lowest BCUT2D eigenvalue weighted by atomic mass is 10.3. The van der Waals surface area contributed by atoms with Crippen LogP contribution in [0.25, 0.3) is 0 Å². The Morgan fingerprint density at radius 3 is 2.53 bits per heavy atom. The maximum absolute atomic E-state index is 12.8. The monoisotopic (exact) mass is 278 g/mol. The highest BCUT2D eigenvalue weighted by Gasteiger charge is 2.04. The molecule has 0 fully saturated rings. The zero-order valence-electron chi connectivity index (χ0n) is 10.0. The van der Waals surface area contributed by atoms with Gasteiger partial charge in [-0.2, -0.15) is 0 Å². The number of amidine groups is 1. The third-order valence-corrected chi connectivity index (χ3v) is 2.58. The lowest BCUT2D eigenvalue weighted by Crippen LogP contribution is -2.12. The van der Waals surface area contributed by atoms with Crippen LogP contribution in [0.2, 0.25) is 0 Å². The fourth-order valence-corrected chi connectivity index (χ4v) is 1.51. The van der Waals surface area contributed by atoms with Gasteiger partial charge in [0.05, 0.1) is 5.88 Å². The van der Waals surface area contributed by atoms with Crippen molar-refractivity contribution >= 4 is 23.1 Å². The van der Waals surface area contributed by atoms with Crippen LogP contribution in [-0.2, 0) is 0 Å². The van der Waals surface area contributed by atoms with Crippen molar-refractivity contribution in [3.05, 3.63) is 54.3 Å². The summed E-state index contributed by atoms with van der Waals surface area (Å²) in [5.74, 6) is 1.18. The molecule has 0 saturated carbocycles. The average Bonchev–Trinajstić information content (AvgIpc) is 2.43. The van der Waals surface area contributed by atoms with Gasteiger partial charge in [0.1, 0.15) is 23.1 Å². The van der Waals surface area contributed by atoms with Crippen LogP contribution < -0.4 is 10.5 Å². The van der Waals surface area contributed by atoms with E-state index < -0.39 is 0 Å². The van der Waals surface area contributed by atoms with Crippen LogP contribution in [0.5, 0.6) is 11.5 Å². The minimum Gasteiger partial charge on any atom is -0.455 e. The molecule has 2 rings (SSSR count). The molecule has 3 nitrogen and oxygen atoms in total. The number of hydrogen-bond acceptors (Lipinski definition) is 2. The second kappa shape index (κ2) is 6.20. The molecule has 0 spiro atoms. The van der Waals surface area contributed by atoms with E-state index in [1.807, 2.05) is 12.1 Å². The van der Waals surface area contributed by atoms with E-state index in [9.17, 15) is 4.39 Å². The highest BCUT2D eigenvalue weighted by Crippen LogP contribution is 2.31. The summed E-state index contributed by atoms with van der Waals surface area (Å²) in [5.41, 5.74) is 6.17. The molecular formula is C14H12ClFN2O. The van der Waals surface area contributed by atoms with E-state index in [2.05, 4.69) is 4.99 Å².